The number of pyridine rings is 1. The summed E-state index contributed by atoms with van der Waals surface area (Å²) in [6, 6.07) is 5.20. The van der Waals surface area contributed by atoms with E-state index in [2.05, 4.69) is 27.4 Å². The lowest BCUT2D eigenvalue weighted by atomic mass is 10.0. The summed E-state index contributed by atoms with van der Waals surface area (Å²) in [4.78, 5) is 52.3. The number of rotatable bonds is 15. The SMILES string of the molecule is C=C[C@@H]1C[C@]1(NC(=O)[C@@H]1C[C@@H](Oc2cc(-c3csc(NC(C)C)n3)nc3cc(OC)ccc23)CN1C(=O)[C@@H](NO)C(C)C)C(=O)NS(=O)(=O)C1CC1. The number of carbonyl (C=O) groups excluding carboxylic acids is 3. The number of anilines is 1. The highest BCUT2D eigenvalue weighted by Gasteiger charge is 2.62. The third-order valence-corrected chi connectivity index (χ3v) is 12.2. The number of amides is 3. The standard InChI is InChI=1S/C35H45N7O8S2/c1-7-20-15-35(20,33(45)41-52(47,48)23-9-10-23)39-31(43)28-13-22(16-42(28)32(44)30(40-46)18(2)3)50-29-14-26(27-17-51-34(38-27)36-19(4)5)37-25-12-21(49-6)8-11-24(25)29/h7-8,11-12,14,17-20,22-23,28,30,40,46H,1,9-10,13,15-16H2,2-6H3,(H,36,38)(H,39,43)(H,41,45)/t20-,22-,28+,30+,35-/m1/s1. The molecule has 1 aliphatic heterocycles. The first-order valence-corrected chi connectivity index (χ1v) is 19.7. The number of carbonyl (C=O) groups is 3. The molecular weight excluding hydrogens is 711 g/mol. The molecule has 280 valence electrons. The number of nitrogens with zero attached hydrogens (tertiary/aromatic N) is 3. The van der Waals surface area contributed by atoms with Crippen molar-refractivity contribution in [3.8, 4) is 22.9 Å². The van der Waals surface area contributed by atoms with Crippen LogP contribution in [-0.2, 0) is 24.4 Å². The van der Waals surface area contributed by atoms with E-state index in [1.807, 2.05) is 25.3 Å². The fraction of sp³-hybridized carbons (Fsp3) is 0.514. The molecule has 2 aliphatic carbocycles. The Kier molecular flexibility index (Phi) is 10.5. The number of hydrogen-bond acceptors (Lipinski definition) is 13. The summed E-state index contributed by atoms with van der Waals surface area (Å²) in [6.07, 6.45) is 1.93. The van der Waals surface area contributed by atoms with E-state index in [1.54, 1.807) is 39.2 Å². The molecule has 52 heavy (non-hydrogen) atoms. The highest BCUT2D eigenvalue weighted by atomic mass is 32.2. The van der Waals surface area contributed by atoms with E-state index >= 15 is 0 Å². The molecule has 1 aromatic carbocycles. The smallest absolute Gasteiger partial charge is 0.259 e. The van der Waals surface area contributed by atoms with Gasteiger partial charge in [-0.15, -0.1) is 17.9 Å². The van der Waals surface area contributed by atoms with E-state index in [-0.39, 0.29) is 31.3 Å². The normalized spacial score (nSPS) is 23.4. The summed E-state index contributed by atoms with van der Waals surface area (Å²) in [5.74, 6) is -1.83. The topological polar surface area (TPSA) is 201 Å². The number of aromatic nitrogens is 2. The van der Waals surface area contributed by atoms with Crippen LogP contribution in [0.1, 0.15) is 53.4 Å². The lowest BCUT2D eigenvalue weighted by molar-refractivity contribution is -0.144. The Morgan fingerprint density at radius 3 is 2.50 bits per heavy atom. The summed E-state index contributed by atoms with van der Waals surface area (Å²) < 4.78 is 39.5. The van der Waals surface area contributed by atoms with Crippen LogP contribution in [-0.4, -0.2) is 94.9 Å². The molecule has 6 rings (SSSR count). The van der Waals surface area contributed by atoms with Gasteiger partial charge in [0.15, 0.2) is 5.13 Å². The van der Waals surface area contributed by atoms with E-state index < -0.39 is 62.6 Å². The van der Waals surface area contributed by atoms with Gasteiger partial charge in [0.25, 0.3) is 5.91 Å². The Labute approximate surface area is 306 Å². The first-order valence-electron chi connectivity index (χ1n) is 17.3. The average Bonchev–Trinajstić information content (AvgIpc) is 3.99. The Bertz CT molecular complexity index is 1980. The summed E-state index contributed by atoms with van der Waals surface area (Å²) >= 11 is 1.45. The summed E-state index contributed by atoms with van der Waals surface area (Å²) in [6.45, 7) is 11.3. The molecule has 15 nitrogen and oxygen atoms in total. The summed E-state index contributed by atoms with van der Waals surface area (Å²) in [5, 5.41) is 18.7. The number of thiazole rings is 1. The molecule has 3 aromatic rings. The first kappa shape index (κ1) is 37.4. The third kappa shape index (κ3) is 7.58. The van der Waals surface area contributed by atoms with Crippen LogP contribution < -0.4 is 30.3 Å². The molecule has 5 atom stereocenters. The molecule has 5 N–H and O–H groups in total. The quantitative estimate of drug-likeness (QED) is 0.112. The van der Waals surface area contributed by atoms with Crippen molar-refractivity contribution in [1.82, 2.24) is 30.4 Å². The van der Waals surface area contributed by atoms with Crippen LogP contribution in [0.3, 0.4) is 0 Å². The lowest BCUT2D eigenvalue weighted by Crippen LogP contribution is -2.58. The van der Waals surface area contributed by atoms with Gasteiger partial charge in [-0.25, -0.2) is 18.4 Å². The number of likely N-dealkylation sites (tertiary alicyclic amines) is 1. The number of ether oxygens (including phenoxy) is 2. The number of fused-ring (bicyclic) bond motifs is 1. The van der Waals surface area contributed by atoms with Crippen molar-refractivity contribution in [3.05, 3.63) is 42.3 Å². The van der Waals surface area contributed by atoms with Crippen molar-refractivity contribution >= 4 is 55.1 Å². The van der Waals surface area contributed by atoms with Crippen LogP contribution in [0.15, 0.2) is 42.3 Å². The van der Waals surface area contributed by atoms with Crippen LogP contribution in [0, 0.1) is 11.8 Å². The maximum absolute atomic E-state index is 14.1. The second-order valence-corrected chi connectivity index (χ2v) is 17.1. The molecule has 0 bridgehead atoms. The zero-order valence-corrected chi connectivity index (χ0v) is 31.3. The van der Waals surface area contributed by atoms with Crippen LogP contribution >= 0.6 is 11.3 Å². The molecule has 0 spiro atoms. The van der Waals surface area contributed by atoms with Crippen molar-refractivity contribution in [2.75, 3.05) is 19.0 Å². The lowest BCUT2D eigenvalue weighted by Gasteiger charge is -2.30. The number of nitrogens with one attached hydrogen (secondary N) is 4. The zero-order chi connectivity index (χ0) is 37.5. The highest BCUT2D eigenvalue weighted by molar-refractivity contribution is 7.91. The fourth-order valence-corrected chi connectivity index (χ4v) is 8.69. The number of benzene rings is 1. The molecule has 2 saturated carbocycles. The first-order chi connectivity index (χ1) is 24.7. The third-order valence-electron chi connectivity index (χ3n) is 9.62. The average molecular weight is 756 g/mol. The second kappa shape index (κ2) is 14.6. The van der Waals surface area contributed by atoms with Gasteiger partial charge in [-0.1, -0.05) is 19.9 Å². The molecule has 0 radical (unpaired) electrons. The summed E-state index contributed by atoms with van der Waals surface area (Å²) in [7, 11) is -2.32. The predicted molar refractivity (Wildman–Crippen MR) is 196 cm³/mol. The van der Waals surface area contributed by atoms with E-state index in [1.165, 1.54) is 22.3 Å². The van der Waals surface area contributed by atoms with Gasteiger partial charge in [0.1, 0.15) is 40.9 Å². The molecule has 3 amide bonds. The van der Waals surface area contributed by atoms with Crippen LogP contribution in [0.25, 0.3) is 22.3 Å². The molecular formula is C35H45N7O8S2. The van der Waals surface area contributed by atoms with Crippen molar-refractivity contribution in [1.29, 1.82) is 0 Å². The molecule has 3 fully saturated rings. The van der Waals surface area contributed by atoms with Crippen LogP contribution in [0.5, 0.6) is 11.5 Å². The summed E-state index contributed by atoms with van der Waals surface area (Å²) in [5.41, 5.74) is 2.30. The largest absolute Gasteiger partial charge is 0.497 e. The zero-order valence-electron chi connectivity index (χ0n) is 29.7. The van der Waals surface area contributed by atoms with Crippen LogP contribution in [0.4, 0.5) is 5.13 Å². The Hall–Kier alpha value is -4.32. The Morgan fingerprint density at radius 1 is 1.13 bits per heavy atom. The van der Waals surface area contributed by atoms with Gasteiger partial charge in [-0.2, -0.15) is 5.48 Å². The maximum Gasteiger partial charge on any atom is 0.259 e. The monoisotopic (exact) mass is 755 g/mol. The number of hydroxylamine groups is 1. The number of hydrogen-bond donors (Lipinski definition) is 5. The molecule has 3 aliphatic rings. The van der Waals surface area contributed by atoms with E-state index in [0.29, 0.717) is 46.6 Å². The van der Waals surface area contributed by atoms with Crippen molar-refractivity contribution in [2.45, 2.75) is 88.4 Å². The number of sulfonamides is 1. The highest BCUT2D eigenvalue weighted by Crippen LogP contribution is 2.45. The maximum atomic E-state index is 14.1. The molecule has 0 unspecified atom stereocenters. The molecule has 17 heteroatoms. The number of methoxy groups -OCH3 is 1. The Balaban J connectivity index is 1.31. The van der Waals surface area contributed by atoms with E-state index in [9.17, 15) is 28.0 Å². The second-order valence-electron chi connectivity index (χ2n) is 14.2. The van der Waals surface area contributed by atoms with Gasteiger partial charge in [0.2, 0.25) is 21.8 Å². The van der Waals surface area contributed by atoms with Crippen molar-refractivity contribution < 1.29 is 37.5 Å². The Morgan fingerprint density at radius 2 is 1.88 bits per heavy atom. The minimum absolute atomic E-state index is 0.0174. The van der Waals surface area contributed by atoms with Gasteiger partial charge >= 0.3 is 0 Å². The predicted octanol–water partition coefficient (Wildman–Crippen LogP) is 3.21. The van der Waals surface area contributed by atoms with E-state index in [4.69, 9.17) is 19.4 Å². The minimum atomic E-state index is -3.88. The molecule has 2 aromatic heterocycles. The van der Waals surface area contributed by atoms with Gasteiger partial charge in [-0.3, -0.25) is 19.1 Å². The van der Waals surface area contributed by atoms with Gasteiger partial charge < -0.3 is 30.2 Å². The van der Waals surface area contributed by atoms with Crippen molar-refractivity contribution in [2.24, 2.45) is 11.8 Å². The minimum Gasteiger partial charge on any atom is -0.497 e. The van der Waals surface area contributed by atoms with Gasteiger partial charge in [0.05, 0.1) is 30.1 Å². The fourth-order valence-electron chi connectivity index (χ4n) is 6.48. The van der Waals surface area contributed by atoms with E-state index in [0.717, 1.165) is 5.13 Å². The molecule has 3 heterocycles. The van der Waals surface area contributed by atoms with Crippen LogP contribution in [0.2, 0.25) is 0 Å². The van der Waals surface area contributed by atoms with Gasteiger partial charge in [0, 0.05) is 41.3 Å². The van der Waals surface area contributed by atoms with Crippen molar-refractivity contribution in [3.63, 3.8) is 0 Å². The van der Waals surface area contributed by atoms with Gasteiger partial charge in [-0.05, 0) is 51.2 Å². The molecule has 1 saturated heterocycles.